The number of hydrogen-bond acceptors (Lipinski definition) is 5. The third-order valence-electron chi connectivity index (χ3n) is 3.14. The predicted molar refractivity (Wildman–Crippen MR) is 79.1 cm³/mol. The van der Waals surface area contributed by atoms with Crippen molar-refractivity contribution in [2.24, 2.45) is 5.73 Å². The van der Waals surface area contributed by atoms with Crippen LogP contribution < -0.4 is 11.5 Å². The Morgan fingerprint density at radius 1 is 1.32 bits per heavy atom. The normalized spacial score (nSPS) is 10.0. The summed E-state index contributed by atoms with van der Waals surface area (Å²) < 4.78 is 6.18. The summed E-state index contributed by atoms with van der Waals surface area (Å²) in [7, 11) is 1.24. The maximum atomic E-state index is 11.9. The van der Waals surface area contributed by atoms with Crippen LogP contribution in [0.1, 0.15) is 21.6 Å². The number of nitriles is 1. The van der Waals surface area contributed by atoms with E-state index in [0.29, 0.717) is 5.69 Å². The Morgan fingerprint density at radius 2 is 1.95 bits per heavy atom. The summed E-state index contributed by atoms with van der Waals surface area (Å²) in [6, 6.07) is 8.75. The van der Waals surface area contributed by atoms with Crippen LogP contribution in [0.2, 0.25) is 0 Å². The highest BCUT2D eigenvalue weighted by Crippen LogP contribution is 2.24. The predicted octanol–water partition coefficient (Wildman–Crippen LogP) is 0.746. The number of nitrogen functional groups attached to an aromatic ring is 1. The molecule has 7 heteroatoms. The quantitative estimate of drug-likeness (QED) is 0.806. The van der Waals surface area contributed by atoms with Gasteiger partial charge in [0.05, 0.1) is 24.8 Å². The molecule has 0 fully saturated rings. The molecular weight excluding hydrogens is 284 g/mol. The first-order valence-electron chi connectivity index (χ1n) is 6.34. The van der Waals surface area contributed by atoms with Crippen molar-refractivity contribution in [3.63, 3.8) is 0 Å². The third-order valence-corrected chi connectivity index (χ3v) is 3.14. The third kappa shape index (κ3) is 2.76. The van der Waals surface area contributed by atoms with Crippen molar-refractivity contribution >= 4 is 17.6 Å². The number of aromatic nitrogens is 1. The highest BCUT2D eigenvalue weighted by molar-refractivity contribution is 5.95. The standard InChI is InChI=1S/C15H14N4O3/c1-22-15(21)14-13(18)10(7-16)8-19(14)11-4-2-9(3-5-11)6-12(17)20/h2-5,8H,6,18H2,1H3,(H2,17,20). The van der Waals surface area contributed by atoms with E-state index in [1.54, 1.807) is 24.3 Å². The molecule has 0 atom stereocenters. The fourth-order valence-corrected chi connectivity index (χ4v) is 2.09. The Kier molecular flexibility index (Phi) is 4.13. The number of anilines is 1. The lowest BCUT2D eigenvalue weighted by Crippen LogP contribution is -2.14. The Hall–Kier alpha value is -3.27. The van der Waals surface area contributed by atoms with Gasteiger partial charge in [0.1, 0.15) is 6.07 Å². The molecule has 0 spiro atoms. The van der Waals surface area contributed by atoms with Gasteiger partial charge in [-0.1, -0.05) is 12.1 Å². The molecule has 2 aromatic rings. The Morgan fingerprint density at radius 3 is 2.45 bits per heavy atom. The molecule has 7 nitrogen and oxygen atoms in total. The zero-order chi connectivity index (χ0) is 16.3. The maximum Gasteiger partial charge on any atom is 0.357 e. The molecule has 0 unspecified atom stereocenters. The smallest absolute Gasteiger partial charge is 0.357 e. The molecule has 0 bridgehead atoms. The summed E-state index contributed by atoms with van der Waals surface area (Å²) in [5.74, 6) is -1.07. The van der Waals surface area contributed by atoms with Crippen molar-refractivity contribution in [2.75, 3.05) is 12.8 Å². The van der Waals surface area contributed by atoms with E-state index in [-0.39, 0.29) is 23.4 Å². The molecule has 1 amide bonds. The summed E-state index contributed by atoms with van der Waals surface area (Å²) in [5.41, 5.74) is 12.6. The number of nitrogens with zero attached hydrogens (tertiary/aromatic N) is 2. The first-order chi connectivity index (χ1) is 10.5. The van der Waals surface area contributed by atoms with Gasteiger partial charge >= 0.3 is 5.97 Å². The van der Waals surface area contributed by atoms with Crippen LogP contribution in [-0.4, -0.2) is 23.6 Å². The minimum atomic E-state index is -0.639. The van der Waals surface area contributed by atoms with E-state index in [9.17, 15) is 9.59 Å². The fourth-order valence-electron chi connectivity index (χ4n) is 2.09. The average molecular weight is 298 g/mol. The zero-order valence-corrected chi connectivity index (χ0v) is 11.9. The molecule has 0 aliphatic rings. The molecule has 22 heavy (non-hydrogen) atoms. The monoisotopic (exact) mass is 298 g/mol. The van der Waals surface area contributed by atoms with Crippen molar-refractivity contribution in [1.82, 2.24) is 4.57 Å². The van der Waals surface area contributed by atoms with Gasteiger partial charge in [0.25, 0.3) is 0 Å². The minimum Gasteiger partial charge on any atom is -0.464 e. The van der Waals surface area contributed by atoms with Gasteiger partial charge in [-0.3, -0.25) is 4.79 Å². The number of carbonyl (C=O) groups is 2. The average Bonchev–Trinajstić information content (AvgIpc) is 2.83. The molecule has 0 radical (unpaired) electrons. The Labute approximate surface area is 126 Å². The number of rotatable bonds is 4. The summed E-state index contributed by atoms with van der Waals surface area (Å²) in [4.78, 5) is 22.8. The van der Waals surface area contributed by atoms with Crippen molar-refractivity contribution in [3.8, 4) is 11.8 Å². The molecule has 1 heterocycles. The van der Waals surface area contributed by atoms with Crippen LogP contribution >= 0.6 is 0 Å². The van der Waals surface area contributed by atoms with Crippen LogP contribution in [0.5, 0.6) is 0 Å². The van der Waals surface area contributed by atoms with Crippen molar-refractivity contribution in [3.05, 3.63) is 47.3 Å². The van der Waals surface area contributed by atoms with Crippen LogP contribution in [-0.2, 0) is 16.0 Å². The van der Waals surface area contributed by atoms with Gasteiger partial charge in [-0.15, -0.1) is 0 Å². The first-order valence-corrected chi connectivity index (χ1v) is 6.34. The van der Waals surface area contributed by atoms with Crippen LogP contribution in [0.3, 0.4) is 0 Å². The van der Waals surface area contributed by atoms with Gasteiger partial charge in [0, 0.05) is 11.9 Å². The number of carbonyl (C=O) groups excluding carboxylic acids is 2. The Bertz CT molecular complexity index is 769. The van der Waals surface area contributed by atoms with Gasteiger partial charge in [-0.05, 0) is 17.7 Å². The van der Waals surface area contributed by atoms with E-state index in [0.717, 1.165) is 5.56 Å². The molecule has 0 aliphatic heterocycles. The lowest BCUT2D eigenvalue weighted by molar-refractivity contribution is -0.117. The maximum absolute atomic E-state index is 11.9. The van der Waals surface area contributed by atoms with Gasteiger partial charge < -0.3 is 20.8 Å². The van der Waals surface area contributed by atoms with Crippen molar-refractivity contribution in [2.45, 2.75) is 6.42 Å². The van der Waals surface area contributed by atoms with Crippen LogP contribution in [0.25, 0.3) is 5.69 Å². The minimum absolute atomic E-state index is 0.0653. The molecule has 112 valence electrons. The highest BCUT2D eigenvalue weighted by atomic mass is 16.5. The first kappa shape index (κ1) is 15.1. The molecule has 0 saturated heterocycles. The molecular formula is C15H14N4O3. The SMILES string of the molecule is COC(=O)c1c(N)c(C#N)cn1-c1ccc(CC(N)=O)cc1. The number of primary amides is 1. The summed E-state index contributed by atoms with van der Waals surface area (Å²) in [6.07, 6.45) is 1.59. The zero-order valence-electron chi connectivity index (χ0n) is 11.9. The van der Waals surface area contributed by atoms with Gasteiger partial charge in [0.15, 0.2) is 5.69 Å². The second kappa shape index (κ2) is 6.01. The summed E-state index contributed by atoms with van der Waals surface area (Å²) in [5, 5.41) is 9.05. The number of nitrogens with two attached hydrogens (primary N) is 2. The summed E-state index contributed by atoms with van der Waals surface area (Å²) >= 11 is 0. The van der Waals surface area contributed by atoms with Crippen molar-refractivity contribution < 1.29 is 14.3 Å². The molecule has 0 saturated carbocycles. The van der Waals surface area contributed by atoms with Crippen LogP contribution in [0.15, 0.2) is 30.5 Å². The number of hydrogen-bond donors (Lipinski definition) is 2. The molecule has 2 rings (SSSR count). The van der Waals surface area contributed by atoms with E-state index < -0.39 is 11.9 Å². The van der Waals surface area contributed by atoms with E-state index in [2.05, 4.69) is 0 Å². The van der Waals surface area contributed by atoms with E-state index in [4.69, 9.17) is 21.5 Å². The number of esters is 1. The molecule has 4 N–H and O–H groups in total. The van der Waals surface area contributed by atoms with Gasteiger partial charge in [0.2, 0.25) is 5.91 Å². The number of ether oxygens (including phenoxy) is 1. The van der Waals surface area contributed by atoms with E-state index >= 15 is 0 Å². The number of methoxy groups -OCH3 is 1. The van der Waals surface area contributed by atoms with E-state index in [1.165, 1.54) is 17.9 Å². The van der Waals surface area contributed by atoms with Crippen LogP contribution in [0, 0.1) is 11.3 Å². The summed E-state index contributed by atoms with van der Waals surface area (Å²) in [6.45, 7) is 0. The lowest BCUT2D eigenvalue weighted by atomic mass is 10.1. The van der Waals surface area contributed by atoms with Crippen LogP contribution in [0.4, 0.5) is 5.69 Å². The van der Waals surface area contributed by atoms with E-state index in [1.807, 2.05) is 6.07 Å². The molecule has 1 aromatic carbocycles. The second-order valence-corrected chi connectivity index (χ2v) is 4.59. The van der Waals surface area contributed by atoms with Crippen molar-refractivity contribution in [1.29, 1.82) is 5.26 Å². The van der Waals surface area contributed by atoms with Gasteiger partial charge in [-0.25, -0.2) is 4.79 Å². The Balaban J connectivity index is 2.50. The fraction of sp³-hybridized carbons (Fsp3) is 0.133. The largest absolute Gasteiger partial charge is 0.464 e. The number of benzene rings is 1. The number of amides is 1. The highest BCUT2D eigenvalue weighted by Gasteiger charge is 2.21. The second-order valence-electron chi connectivity index (χ2n) is 4.59. The van der Waals surface area contributed by atoms with Gasteiger partial charge in [-0.2, -0.15) is 5.26 Å². The topological polar surface area (TPSA) is 124 Å². The lowest BCUT2D eigenvalue weighted by Gasteiger charge is -2.09. The molecule has 1 aromatic heterocycles. The molecule has 0 aliphatic carbocycles.